The predicted octanol–water partition coefficient (Wildman–Crippen LogP) is 11.3. The van der Waals surface area contributed by atoms with Crippen LogP contribution in [0.4, 0.5) is 0 Å². The summed E-state index contributed by atoms with van der Waals surface area (Å²) in [6.07, 6.45) is 3.56. The lowest BCUT2D eigenvalue weighted by Gasteiger charge is -2.13. The van der Waals surface area contributed by atoms with Gasteiger partial charge in [0.05, 0.1) is 22.1 Å². The van der Waals surface area contributed by atoms with Crippen molar-refractivity contribution in [2.45, 2.75) is 13.8 Å². The van der Waals surface area contributed by atoms with Gasteiger partial charge in [0.1, 0.15) is 34.6 Å². The standard InChI is InChI=1S/C46H32N6O2/c1-29-23-30(2)50-46(49-29)31-24-34(53-32-17-19-38-36-11-3-5-13-40(36)51(42(38)27-32)44-15-7-9-21-47-44)26-35(25-31)54-33-18-20-39-37-12-4-6-14-41(37)52(43(39)28-33)45-16-8-10-22-48-45/h3-28H,1-2H3/i1D3. The summed E-state index contributed by atoms with van der Waals surface area (Å²) in [6.45, 7) is -0.664. The minimum atomic E-state index is -2.42. The number of rotatable bonds is 7. The van der Waals surface area contributed by atoms with E-state index in [1.165, 1.54) is 6.07 Å². The Kier molecular flexibility index (Phi) is 6.66. The van der Waals surface area contributed by atoms with Crippen molar-refractivity contribution in [3.8, 4) is 46.0 Å². The Balaban J connectivity index is 1.10. The molecule has 54 heavy (non-hydrogen) atoms. The molecule has 5 heterocycles. The van der Waals surface area contributed by atoms with Crippen molar-refractivity contribution in [1.29, 1.82) is 0 Å². The second-order valence-electron chi connectivity index (χ2n) is 13.1. The lowest BCUT2D eigenvalue weighted by atomic mass is 10.1. The zero-order chi connectivity index (χ0) is 38.7. The zero-order valence-electron chi connectivity index (χ0n) is 32.0. The number of fused-ring (bicyclic) bond motifs is 6. The highest BCUT2D eigenvalue weighted by molar-refractivity contribution is 6.10. The minimum absolute atomic E-state index is 0.0422. The summed E-state index contributed by atoms with van der Waals surface area (Å²) in [5, 5.41) is 4.32. The van der Waals surface area contributed by atoms with Crippen LogP contribution in [0.15, 0.2) is 158 Å². The van der Waals surface area contributed by atoms with Crippen LogP contribution in [0.3, 0.4) is 0 Å². The zero-order valence-corrected chi connectivity index (χ0v) is 29.0. The Bertz CT molecular complexity index is 2960. The van der Waals surface area contributed by atoms with Gasteiger partial charge in [-0.25, -0.2) is 19.9 Å². The van der Waals surface area contributed by atoms with Crippen molar-refractivity contribution in [2.24, 2.45) is 0 Å². The Morgan fingerprint density at radius 1 is 0.463 bits per heavy atom. The van der Waals surface area contributed by atoms with Gasteiger partial charge in [0.25, 0.3) is 0 Å². The van der Waals surface area contributed by atoms with Gasteiger partial charge in [-0.3, -0.25) is 9.13 Å². The first-order chi connectivity index (χ1) is 27.8. The van der Waals surface area contributed by atoms with Crippen molar-refractivity contribution in [3.05, 3.63) is 169 Å². The molecule has 8 heteroatoms. The maximum Gasteiger partial charge on any atom is 0.159 e. The van der Waals surface area contributed by atoms with Crippen molar-refractivity contribution in [1.82, 2.24) is 29.1 Å². The molecular weight excluding hydrogens is 669 g/mol. The monoisotopic (exact) mass is 703 g/mol. The summed E-state index contributed by atoms with van der Waals surface area (Å²) in [4.78, 5) is 18.5. The number of hydrogen-bond acceptors (Lipinski definition) is 6. The first kappa shape index (κ1) is 28.3. The molecule has 0 N–H and O–H groups in total. The maximum atomic E-state index is 8.06. The highest BCUT2D eigenvalue weighted by Gasteiger charge is 2.17. The minimum Gasteiger partial charge on any atom is -0.457 e. The number of ether oxygens (including phenoxy) is 2. The lowest BCUT2D eigenvalue weighted by molar-refractivity contribution is 0.461. The highest BCUT2D eigenvalue weighted by Crippen LogP contribution is 2.39. The second kappa shape index (κ2) is 12.7. The van der Waals surface area contributed by atoms with Crippen LogP contribution in [0.25, 0.3) is 66.6 Å². The van der Waals surface area contributed by atoms with Crippen molar-refractivity contribution >= 4 is 43.6 Å². The molecule has 0 aliphatic carbocycles. The number of aryl methyl sites for hydroxylation is 2. The van der Waals surface area contributed by atoms with Crippen LogP contribution in [0.1, 0.15) is 15.5 Å². The third-order valence-electron chi connectivity index (χ3n) is 9.51. The quantitative estimate of drug-likeness (QED) is 0.164. The van der Waals surface area contributed by atoms with Crippen LogP contribution in [0, 0.1) is 13.8 Å². The van der Waals surface area contributed by atoms with Crippen LogP contribution in [-0.2, 0) is 0 Å². The Labute approximate surface area is 314 Å². The average molecular weight is 704 g/mol. The normalized spacial score (nSPS) is 12.6. The van der Waals surface area contributed by atoms with Crippen LogP contribution in [0.2, 0.25) is 0 Å². The average Bonchev–Trinajstić information content (AvgIpc) is 3.73. The van der Waals surface area contributed by atoms with Gasteiger partial charge >= 0.3 is 0 Å². The molecule has 0 aliphatic rings. The van der Waals surface area contributed by atoms with Crippen LogP contribution in [0.5, 0.6) is 23.0 Å². The number of benzene rings is 5. The highest BCUT2D eigenvalue weighted by atomic mass is 16.5. The van der Waals surface area contributed by atoms with Crippen molar-refractivity contribution < 1.29 is 13.6 Å². The fourth-order valence-corrected chi connectivity index (χ4v) is 7.28. The van der Waals surface area contributed by atoms with Gasteiger partial charge in [0.15, 0.2) is 5.82 Å². The van der Waals surface area contributed by atoms with Crippen molar-refractivity contribution in [2.75, 3.05) is 0 Å². The summed E-state index contributed by atoms with van der Waals surface area (Å²) in [5.74, 6) is 3.89. The van der Waals surface area contributed by atoms with E-state index >= 15 is 0 Å². The van der Waals surface area contributed by atoms with Gasteiger partial charge in [-0.1, -0.05) is 48.5 Å². The van der Waals surface area contributed by atoms with E-state index in [2.05, 4.69) is 65.5 Å². The topological polar surface area (TPSA) is 79.9 Å². The molecule has 0 unspecified atom stereocenters. The molecule has 5 aromatic heterocycles. The van der Waals surface area contributed by atoms with Crippen LogP contribution >= 0.6 is 0 Å². The fraction of sp³-hybridized carbons (Fsp3) is 0.0435. The summed E-state index contributed by atoms with van der Waals surface area (Å²) < 4.78 is 41.7. The summed E-state index contributed by atoms with van der Waals surface area (Å²) >= 11 is 0. The first-order valence-electron chi connectivity index (χ1n) is 19.0. The lowest BCUT2D eigenvalue weighted by Crippen LogP contribution is -1.97. The van der Waals surface area contributed by atoms with Crippen molar-refractivity contribution in [3.63, 3.8) is 0 Å². The van der Waals surface area contributed by atoms with Crippen LogP contribution < -0.4 is 9.47 Å². The molecule has 10 rings (SSSR count). The molecule has 0 fully saturated rings. The molecule has 0 amide bonds. The Hall–Kier alpha value is -7.32. The smallest absolute Gasteiger partial charge is 0.159 e. The predicted molar refractivity (Wildman–Crippen MR) is 214 cm³/mol. The van der Waals surface area contributed by atoms with Crippen LogP contribution in [-0.4, -0.2) is 29.1 Å². The van der Waals surface area contributed by atoms with E-state index in [-0.39, 0.29) is 11.5 Å². The van der Waals surface area contributed by atoms with Gasteiger partial charge in [-0.15, -0.1) is 0 Å². The number of nitrogens with zero attached hydrogens (tertiary/aromatic N) is 6. The summed E-state index contributed by atoms with van der Waals surface area (Å²) in [7, 11) is 0. The summed E-state index contributed by atoms with van der Waals surface area (Å²) in [5.41, 5.74) is 4.94. The molecule has 258 valence electrons. The van der Waals surface area contributed by atoms with Gasteiger partial charge in [-0.2, -0.15) is 0 Å². The second-order valence-corrected chi connectivity index (χ2v) is 13.1. The van der Waals surface area contributed by atoms with E-state index in [4.69, 9.17) is 13.6 Å². The molecule has 0 bridgehead atoms. The molecular formula is C46H32N6O2. The third-order valence-corrected chi connectivity index (χ3v) is 9.51. The molecule has 0 saturated heterocycles. The van der Waals surface area contributed by atoms with E-state index < -0.39 is 6.85 Å². The van der Waals surface area contributed by atoms with E-state index in [1.807, 2.05) is 84.9 Å². The molecule has 0 radical (unpaired) electrons. The van der Waals surface area contributed by atoms with Gasteiger partial charge in [0.2, 0.25) is 0 Å². The van der Waals surface area contributed by atoms with E-state index in [0.717, 1.165) is 55.2 Å². The number of aromatic nitrogens is 6. The van der Waals surface area contributed by atoms with Gasteiger partial charge in [0, 0.05) is 73.2 Å². The molecule has 8 nitrogen and oxygen atoms in total. The number of hydrogen-bond donors (Lipinski definition) is 0. The van der Waals surface area contributed by atoms with Gasteiger partial charge < -0.3 is 9.47 Å². The Morgan fingerprint density at radius 2 is 0.963 bits per heavy atom. The molecule has 0 atom stereocenters. The van der Waals surface area contributed by atoms with E-state index in [0.29, 0.717) is 34.3 Å². The molecule has 10 aromatic rings. The molecule has 5 aromatic carbocycles. The fourth-order valence-electron chi connectivity index (χ4n) is 7.28. The summed E-state index contributed by atoms with van der Waals surface area (Å²) in [6, 6.07) is 47.0. The molecule has 0 saturated carbocycles. The third kappa shape index (κ3) is 5.48. The van der Waals surface area contributed by atoms with E-state index in [9.17, 15) is 0 Å². The first-order valence-corrected chi connectivity index (χ1v) is 17.5. The van der Waals surface area contributed by atoms with E-state index in [1.54, 1.807) is 37.5 Å². The SMILES string of the molecule is [2H]C([2H])([2H])c1cc(C)nc(-c2cc(Oc3ccc4c5ccccc5n(-c5ccccn5)c4c3)cc(Oc3ccc4c5ccccc5n(-c5ccccn5)c4c3)c2)n1. The Morgan fingerprint density at radius 3 is 1.48 bits per heavy atom. The maximum absolute atomic E-state index is 8.06. The number of pyridine rings is 2. The number of para-hydroxylation sites is 2. The molecule has 0 spiro atoms. The largest absolute Gasteiger partial charge is 0.457 e. The molecule has 0 aliphatic heterocycles. The van der Waals surface area contributed by atoms with Gasteiger partial charge in [-0.05, 0) is 92.6 Å².